The van der Waals surface area contributed by atoms with Crippen LogP contribution in [0.5, 0.6) is 0 Å². The summed E-state index contributed by atoms with van der Waals surface area (Å²) in [6.45, 7) is 9.48. The Morgan fingerprint density at radius 2 is 1.90 bits per heavy atom. The van der Waals surface area contributed by atoms with Gasteiger partial charge in [-0.05, 0) is 25.2 Å². The fourth-order valence-corrected chi connectivity index (χ4v) is 5.45. The number of carbonyl (C=O) groups is 2. The summed E-state index contributed by atoms with van der Waals surface area (Å²) in [7, 11) is 0. The summed E-state index contributed by atoms with van der Waals surface area (Å²) in [6, 6.07) is -1.78. The number of hydrogen-bond acceptors (Lipinski definition) is 11. The first-order valence-electron chi connectivity index (χ1n) is 14.6. The van der Waals surface area contributed by atoms with E-state index in [0.29, 0.717) is 13.0 Å². The SMILES string of the molecule is CC(C)/C=C/[C@@H](C[C@@H]1O[C@](O)(C[C@@H](O)C(C)C)C[C@H](O)[C@H]1C(=O)N[C@@H]1CCNC1=O)OC1OC(C)C(O)C(N)C1O. The highest BCUT2D eigenvalue weighted by molar-refractivity contribution is 5.90. The van der Waals surface area contributed by atoms with Gasteiger partial charge in [0.25, 0.3) is 0 Å². The minimum absolute atomic E-state index is 0.0614. The highest BCUT2D eigenvalue weighted by Gasteiger charge is 2.51. The lowest BCUT2D eigenvalue weighted by Gasteiger charge is -2.46. The Morgan fingerprint density at radius 1 is 1.22 bits per heavy atom. The van der Waals surface area contributed by atoms with E-state index in [-0.39, 0.29) is 37.0 Å². The molecule has 41 heavy (non-hydrogen) atoms. The van der Waals surface area contributed by atoms with Gasteiger partial charge in [-0.1, -0.05) is 39.8 Å². The van der Waals surface area contributed by atoms with Crippen LogP contribution in [0.2, 0.25) is 0 Å². The van der Waals surface area contributed by atoms with Gasteiger partial charge in [-0.25, -0.2) is 0 Å². The normalized spacial score (nSPS) is 39.7. The predicted octanol–water partition coefficient (Wildman–Crippen LogP) is -1.37. The monoisotopic (exact) mass is 587 g/mol. The summed E-state index contributed by atoms with van der Waals surface area (Å²) in [6.07, 6.45) is -5.27. The number of carbonyl (C=O) groups excluding carboxylic acids is 2. The van der Waals surface area contributed by atoms with Crippen LogP contribution in [0.15, 0.2) is 12.2 Å². The third-order valence-electron chi connectivity index (χ3n) is 8.06. The minimum atomic E-state index is -1.94. The van der Waals surface area contributed by atoms with Crippen LogP contribution in [0.1, 0.15) is 60.3 Å². The molecule has 3 saturated heterocycles. The van der Waals surface area contributed by atoms with Gasteiger partial charge in [0.1, 0.15) is 12.1 Å². The molecule has 9 N–H and O–H groups in total. The lowest BCUT2D eigenvalue weighted by atomic mass is 9.81. The summed E-state index contributed by atoms with van der Waals surface area (Å²) < 4.78 is 17.9. The summed E-state index contributed by atoms with van der Waals surface area (Å²) >= 11 is 0. The van der Waals surface area contributed by atoms with Gasteiger partial charge >= 0.3 is 0 Å². The van der Waals surface area contributed by atoms with Gasteiger partial charge < -0.3 is 56.1 Å². The van der Waals surface area contributed by atoms with Crippen LogP contribution in [0.4, 0.5) is 0 Å². The van der Waals surface area contributed by atoms with Crippen LogP contribution in [0, 0.1) is 17.8 Å². The first kappa shape index (κ1) is 33.8. The maximum absolute atomic E-state index is 13.4. The molecule has 0 aromatic carbocycles. The van der Waals surface area contributed by atoms with Crippen molar-refractivity contribution in [3.05, 3.63) is 12.2 Å². The molecule has 3 aliphatic rings. The van der Waals surface area contributed by atoms with E-state index in [1.807, 2.05) is 19.9 Å². The average Bonchev–Trinajstić information content (AvgIpc) is 3.27. The molecular formula is C28H49N3O10. The Morgan fingerprint density at radius 3 is 2.49 bits per heavy atom. The van der Waals surface area contributed by atoms with Crippen molar-refractivity contribution < 1.29 is 49.3 Å². The van der Waals surface area contributed by atoms with Crippen LogP contribution in [0.25, 0.3) is 0 Å². The van der Waals surface area contributed by atoms with Gasteiger partial charge in [-0.3, -0.25) is 9.59 Å². The third-order valence-corrected chi connectivity index (χ3v) is 8.06. The van der Waals surface area contributed by atoms with Crippen LogP contribution >= 0.6 is 0 Å². The quantitative estimate of drug-likeness (QED) is 0.132. The molecule has 3 rings (SSSR count). The molecule has 0 aromatic rings. The van der Waals surface area contributed by atoms with E-state index in [4.69, 9.17) is 19.9 Å². The zero-order valence-corrected chi connectivity index (χ0v) is 24.6. The summed E-state index contributed by atoms with van der Waals surface area (Å²) in [5.74, 6) is -4.15. The molecule has 0 radical (unpaired) electrons. The van der Waals surface area contributed by atoms with Gasteiger partial charge in [-0.2, -0.15) is 0 Å². The zero-order valence-electron chi connectivity index (χ0n) is 24.6. The van der Waals surface area contributed by atoms with Crippen LogP contribution in [0.3, 0.4) is 0 Å². The predicted molar refractivity (Wildman–Crippen MR) is 147 cm³/mol. The van der Waals surface area contributed by atoms with E-state index < -0.39 is 78.7 Å². The minimum Gasteiger partial charge on any atom is -0.393 e. The molecule has 13 heteroatoms. The number of amides is 2. The van der Waals surface area contributed by atoms with Gasteiger partial charge in [-0.15, -0.1) is 0 Å². The van der Waals surface area contributed by atoms with Crippen molar-refractivity contribution in [2.24, 2.45) is 23.5 Å². The Balaban J connectivity index is 1.89. The molecule has 0 saturated carbocycles. The number of aliphatic hydroxyl groups is 5. The summed E-state index contributed by atoms with van der Waals surface area (Å²) in [5, 5.41) is 59.2. The van der Waals surface area contributed by atoms with Crippen molar-refractivity contribution in [3.8, 4) is 0 Å². The van der Waals surface area contributed by atoms with E-state index in [9.17, 15) is 35.1 Å². The maximum atomic E-state index is 13.4. The summed E-state index contributed by atoms with van der Waals surface area (Å²) in [5.41, 5.74) is 5.98. The van der Waals surface area contributed by atoms with Crippen molar-refractivity contribution in [3.63, 3.8) is 0 Å². The fraction of sp³-hybridized carbons (Fsp3) is 0.857. The zero-order chi connectivity index (χ0) is 30.6. The van der Waals surface area contributed by atoms with Crippen molar-refractivity contribution >= 4 is 11.8 Å². The number of allylic oxidation sites excluding steroid dienone is 1. The standard InChI is InChI=1S/C28H49N3O10/c1-13(2)6-7-16(40-27-24(35)22(29)23(34)15(5)39-27)10-20-21(26(37)31-17-8-9-30-25(17)36)19(33)12-28(38,41-20)11-18(32)14(3)4/h6-7,13-24,27,32-35,38H,8-12,29H2,1-5H3,(H,30,36)(H,31,37)/b7-6+/t15?,16-,17+,18+,19-,20-,21+,22?,23?,24?,27?,28+/m0/s1. The molecule has 5 unspecified atom stereocenters. The van der Waals surface area contributed by atoms with Gasteiger partial charge in [0.2, 0.25) is 11.8 Å². The smallest absolute Gasteiger partial charge is 0.242 e. The second-order valence-electron chi connectivity index (χ2n) is 12.4. The fourth-order valence-electron chi connectivity index (χ4n) is 5.45. The molecule has 12 atom stereocenters. The molecule has 3 aliphatic heterocycles. The molecule has 13 nitrogen and oxygen atoms in total. The number of hydrogen-bond donors (Lipinski definition) is 8. The number of rotatable bonds is 11. The van der Waals surface area contributed by atoms with Gasteiger partial charge in [0.05, 0.1) is 48.6 Å². The number of nitrogens with two attached hydrogens (primary N) is 1. The van der Waals surface area contributed by atoms with Crippen molar-refractivity contribution in [2.45, 2.75) is 127 Å². The molecule has 3 fully saturated rings. The Labute approximate surface area is 241 Å². The Bertz CT molecular complexity index is 920. The second kappa shape index (κ2) is 14.2. The third kappa shape index (κ3) is 8.68. The molecular weight excluding hydrogens is 538 g/mol. The molecule has 236 valence electrons. The molecule has 0 aromatic heterocycles. The first-order valence-corrected chi connectivity index (χ1v) is 14.6. The van der Waals surface area contributed by atoms with Gasteiger partial charge in [0, 0.05) is 25.8 Å². The summed E-state index contributed by atoms with van der Waals surface area (Å²) in [4.78, 5) is 25.6. The Kier molecular flexibility index (Phi) is 11.7. The van der Waals surface area contributed by atoms with Crippen molar-refractivity contribution in [2.75, 3.05) is 6.54 Å². The lowest BCUT2D eigenvalue weighted by molar-refractivity contribution is -0.307. The largest absolute Gasteiger partial charge is 0.393 e. The lowest BCUT2D eigenvalue weighted by Crippen LogP contribution is -2.62. The molecule has 3 heterocycles. The van der Waals surface area contributed by atoms with E-state index in [1.165, 1.54) is 0 Å². The van der Waals surface area contributed by atoms with Gasteiger partial charge in [0.15, 0.2) is 12.1 Å². The van der Waals surface area contributed by atoms with Crippen LogP contribution in [-0.4, -0.2) is 111 Å². The molecule has 0 spiro atoms. The topological polar surface area (TPSA) is 213 Å². The van der Waals surface area contributed by atoms with Crippen molar-refractivity contribution in [1.82, 2.24) is 10.6 Å². The molecule has 2 amide bonds. The highest BCUT2D eigenvalue weighted by Crippen LogP contribution is 2.38. The number of nitrogens with one attached hydrogen (secondary N) is 2. The van der Waals surface area contributed by atoms with Crippen LogP contribution < -0.4 is 16.4 Å². The second-order valence-corrected chi connectivity index (χ2v) is 12.4. The number of aliphatic hydroxyl groups excluding tert-OH is 4. The number of ether oxygens (including phenoxy) is 3. The van der Waals surface area contributed by atoms with E-state index >= 15 is 0 Å². The maximum Gasteiger partial charge on any atom is 0.242 e. The molecule has 0 aliphatic carbocycles. The van der Waals surface area contributed by atoms with Crippen molar-refractivity contribution in [1.29, 1.82) is 0 Å². The highest BCUT2D eigenvalue weighted by atomic mass is 16.7. The van der Waals surface area contributed by atoms with E-state index in [2.05, 4.69) is 10.6 Å². The average molecular weight is 588 g/mol. The first-order chi connectivity index (χ1) is 19.1. The Hall–Kier alpha value is -1.68. The molecule has 0 bridgehead atoms. The van der Waals surface area contributed by atoms with E-state index in [1.54, 1.807) is 26.8 Å². The van der Waals surface area contributed by atoms with Crippen LogP contribution in [-0.2, 0) is 23.8 Å². The van der Waals surface area contributed by atoms with E-state index in [0.717, 1.165) is 0 Å².